The average molecular weight is 340 g/mol. The summed E-state index contributed by atoms with van der Waals surface area (Å²) in [5.41, 5.74) is 0.807. The topological polar surface area (TPSA) is 44.8 Å². The van der Waals surface area contributed by atoms with Crippen LogP contribution in [0.2, 0.25) is 0 Å². The summed E-state index contributed by atoms with van der Waals surface area (Å²) < 4.78 is 17.5. The monoisotopic (exact) mass is 340 g/mol. The van der Waals surface area contributed by atoms with Crippen molar-refractivity contribution in [3.05, 3.63) is 42.0 Å². The lowest BCUT2D eigenvalue weighted by Crippen LogP contribution is -2.41. The number of fused-ring (bicyclic) bond motifs is 1. The molecule has 1 fully saturated rings. The van der Waals surface area contributed by atoms with Crippen molar-refractivity contribution in [2.45, 2.75) is 58.8 Å². The number of esters is 1. The van der Waals surface area contributed by atoms with Gasteiger partial charge in [-0.2, -0.15) is 0 Å². The van der Waals surface area contributed by atoms with Crippen molar-refractivity contribution in [1.82, 2.24) is 0 Å². The Balaban J connectivity index is 1.88. The van der Waals surface area contributed by atoms with Gasteiger partial charge in [0.2, 0.25) is 0 Å². The standard InChI is InChI=1S/C20H25BO4/c1-13(2)23-18(22)16-8-7-15-12-17(10-9-14(15)11-16)21-24-19(3,4)20(5,6)25-21/h7-13H,1-6H3. The molecule has 1 heterocycles. The largest absolute Gasteiger partial charge is 0.494 e. The maximum absolute atomic E-state index is 12.1. The minimum absolute atomic E-state index is 0.131. The highest BCUT2D eigenvalue weighted by Gasteiger charge is 2.51. The summed E-state index contributed by atoms with van der Waals surface area (Å²) in [6, 6.07) is 11.6. The fourth-order valence-corrected chi connectivity index (χ4v) is 2.80. The molecule has 0 bridgehead atoms. The molecule has 25 heavy (non-hydrogen) atoms. The van der Waals surface area contributed by atoms with E-state index in [-0.39, 0.29) is 30.4 Å². The number of rotatable bonds is 3. The van der Waals surface area contributed by atoms with Gasteiger partial charge in [-0.25, -0.2) is 4.79 Å². The van der Waals surface area contributed by atoms with Gasteiger partial charge >= 0.3 is 13.1 Å². The van der Waals surface area contributed by atoms with Gasteiger partial charge < -0.3 is 14.0 Å². The molecule has 132 valence electrons. The third kappa shape index (κ3) is 3.44. The lowest BCUT2D eigenvalue weighted by Gasteiger charge is -2.32. The van der Waals surface area contributed by atoms with Crippen LogP contribution in [0.15, 0.2) is 36.4 Å². The lowest BCUT2D eigenvalue weighted by atomic mass is 9.78. The van der Waals surface area contributed by atoms with Crippen LogP contribution in [0.5, 0.6) is 0 Å². The van der Waals surface area contributed by atoms with Crippen molar-refractivity contribution in [1.29, 1.82) is 0 Å². The van der Waals surface area contributed by atoms with Crippen molar-refractivity contribution < 1.29 is 18.8 Å². The SMILES string of the molecule is CC(C)OC(=O)c1ccc2cc(B3OC(C)(C)C(C)(C)O3)ccc2c1. The van der Waals surface area contributed by atoms with Crippen LogP contribution in [-0.4, -0.2) is 30.4 Å². The van der Waals surface area contributed by atoms with Gasteiger partial charge in [-0.3, -0.25) is 0 Å². The molecule has 0 atom stereocenters. The van der Waals surface area contributed by atoms with Crippen molar-refractivity contribution in [3.63, 3.8) is 0 Å². The summed E-state index contributed by atoms with van der Waals surface area (Å²) in [6.07, 6.45) is -0.131. The minimum Gasteiger partial charge on any atom is -0.459 e. The molecule has 0 aromatic heterocycles. The van der Waals surface area contributed by atoms with Crippen LogP contribution in [0.25, 0.3) is 10.8 Å². The van der Waals surface area contributed by atoms with Gasteiger partial charge in [0.05, 0.1) is 22.9 Å². The van der Waals surface area contributed by atoms with Crippen molar-refractivity contribution >= 4 is 29.3 Å². The molecule has 1 aliphatic heterocycles. The fourth-order valence-electron chi connectivity index (χ4n) is 2.80. The first-order valence-corrected chi connectivity index (χ1v) is 8.69. The van der Waals surface area contributed by atoms with Crippen molar-refractivity contribution in [2.24, 2.45) is 0 Å². The molecule has 0 N–H and O–H groups in total. The van der Waals surface area contributed by atoms with E-state index in [1.54, 1.807) is 6.07 Å². The average Bonchev–Trinajstić information content (AvgIpc) is 2.73. The van der Waals surface area contributed by atoms with E-state index >= 15 is 0 Å². The first-order chi connectivity index (χ1) is 11.6. The zero-order chi connectivity index (χ0) is 18.4. The Morgan fingerprint density at radius 1 is 0.960 bits per heavy atom. The Morgan fingerprint density at radius 3 is 2.12 bits per heavy atom. The normalized spacial score (nSPS) is 18.8. The third-order valence-electron chi connectivity index (χ3n) is 4.97. The van der Waals surface area contributed by atoms with E-state index in [1.165, 1.54) is 0 Å². The summed E-state index contributed by atoms with van der Waals surface area (Å²) >= 11 is 0. The van der Waals surface area contributed by atoms with Crippen LogP contribution in [0, 0.1) is 0 Å². The van der Waals surface area contributed by atoms with E-state index in [0.717, 1.165) is 16.2 Å². The van der Waals surface area contributed by atoms with Crippen LogP contribution >= 0.6 is 0 Å². The number of carbonyl (C=O) groups excluding carboxylic acids is 1. The summed E-state index contributed by atoms with van der Waals surface area (Å²) in [5, 5.41) is 2.02. The molecule has 1 saturated heterocycles. The van der Waals surface area contributed by atoms with E-state index in [4.69, 9.17) is 14.0 Å². The van der Waals surface area contributed by atoms with Gasteiger partial charge in [0.25, 0.3) is 0 Å². The molecule has 0 spiro atoms. The van der Waals surface area contributed by atoms with Gasteiger partial charge in [0, 0.05) is 0 Å². The molecule has 0 saturated carbocycles. The number of hydrogen-bond donors (Lipinski definition) is 0. The van der Waals surface area contributed by atoms with Crippen LogP contribution in [-0.2, 0) is 14.0 Å². The Hall–Kier alpha value is -1.85. The highest BCUT2D eigenvalue weighted by Crippen LogP contribution is 2.36. The zero-order valence-corrected chi connectivity index (χ0v) is 15.8. The zero-order valence-electron chi connectivity index (χ0n) is 15.8. The first kappa shape index (κ1) is 18.0. The molecular weight excluding hydrogens is 315 g/mol. The maximum atomic E-state index is 12.1. The van der Waals surface area contributed by atoms with E-state index in [2.05, 4.69) is 6.07 Å². The van der Waals surface area contributed by atoms with Crippen LogP contribution in [0.4, 0.5) is 0 Å². The van der Waals surface area contributed by atoms with Gasteiger partial charge in [0.15, 0.2) is 0 Å². The predicted molar refractivity (Wildman–Crippen MR) is 100 cm³/mol. The summed E-state index contributed by atoms with van der Waals surface area (Å²) in [4.78, 5) is 12.1. The van der Waals surface area contributed by atoms with Crippen molar-refractivity contribution in [2.75, 3.05) is 0 Å². The lowest BCUT2D eigenvalue weighted by molar-refractivity contribution is 0.00578. The second-order valence-electron chi connectivity index (χ2n) is 7.86. The van der Waals surface area contributed by atoms with Crippen molar-refractivity contribution in [3.8, 4) is 0 Å². The summed E-state index contributed by atoms with van der Waals surface area (Å²) in [6.45, 7) is 11.9. The molecule has 5 heteroatoms. The highest BCUT2D eigenvalue weighted by atomic mass is 16.7. The second-order valence-corrected chi connectivity index (χ2v) is 7.86. The van der Waals surface area contributed by atoms with Gasteiger partial charge in [-0.15, -0.1) is 0 Å². The Kier molecular flexibility index (Phi) is 4.42. The van der Waals surface area contributed by atoms with Gasteiger partial charge in [-0.1, -0.05) is 24.3 Å². The van der Waals surface area contributed by atoms with Gasteiger partial charge in [-0.05, 0) is 69.9 Å². The number of hydrogen-bond acceptors (Lipinski definition) is 4. The first-order valence-electron chi connectivity index (χ1n) is 8.69. The van der Waals surface area contributed by atoms with E-state index < -0.39 is 0 Å². The van der Waals surface area contributed by atoms with E-state index in [0.29, 0.717) is 5.56 Å². The molecule has 2 aromatic carbocycles. The number of ether oxygens (including phenoxy) is 1. The molecular formula is C20H25BO4. The molecule has 1 aliphatic rings. The molecule has 3 rings (SSSR count). The van der Waals surface area contributed by atoms with Crippen LogP contribution in [0.3, 0.4) is 0 Å². The summed E-state index contributed by atoms with van der Waals surface area (Å²) in [5.74, 6) is -0.299. The molecule has 0 unspecified atom stereocenters. The smallest absolute Gasteiger partial charge is 0.459 e. The molecule has 0 radical (unpaired) electrons. The molecule has 2 aromatic rings. The molecule has 0 aliphatic carbocycles. The quantitative estimate of drug-likeness (QED) is 0.631. The second kappa shape index (κ2) is 6.15. The Labute approximate surface area is 149 Å². The third-order valence-corrected chi connectivity index (χ3v) is 4.97. The van der Waals surface area contributed by atoms with E-state index in [1.807, 2.05) is 65.8 Å². The van der Waals surface area contributed by atoms with E-state index in [9.17, 15) is 4.79 Å². The number of benzene rings is 2. The maximum Gasteiger partial charge on any atom is 0.494 e. The van der Waals surface area contributed by atoms with Crippen LogP contribution in [0.1, 0.15) is 51.9 Å². The van der Waals surface area contributed by atoms with Crippen LogP contribution < -0.4 is 5.46 Å². The predicted octanol–water partition coefficient (Wildman–Crippen LogP) is 3.70. The fraction of sp³-hybridized carbons (Fsp3) is 0.450. The molecule has 4 nitrogen and oxygen atoms in total. The highest BCUT2D eigenvalue weighted by molar-refractivity contribution is 6.62. The Bertz CT molecular complexity index is 794. The Morgan fingerprint density at radius 2 is 1.52 bits per heavy atom. The number of carbonyl (C=O) groups is 1. The van der Waals surface area contributed by atoms with Gasteiger partial charge in [0.1, 0.15) is 0 Å². The summed E-state index contributed by atoms with van der Waals surface area (Å²) in [7, 11) is -0.389. The minimum atomic E-state index is -0.389. The molecule has 0 amide bonds.